The Balaban J connectivity index is 3.12. The van der Waals surface area contributed by atoms with Crippen LogP contribution >= 0.6 is 0 Å². The number of carboxylic acids is 1. The number of phenolic OH excluding ortho intramolecular Hbond substituents is 1. The molecular weight excluding hydrogens is 536 g/mol. The van der Waals surface area contributed by atoms with Gasteiger partial charge in [-0.1, -0.05) is 26.0 Å². The topological polar surface area (TPSA) is 246 Å². The molecule has 5 atom stereocenters. The van der Waals surface area contributed by atoms with Crippen molar-refractivity contribution in [2.45, 2.75) is 83.1 Å². The van der Waals surface area contributed by atoms with Crippen molar-refractivity contribution in [3.05, 3.63) is 29.8 Å². The van der Waals surface area contributed by atoms with E-state index in [0.29, 0.717) is 24.9 Å². The number of rotatable bonds is 18. The Kier molecular flexibility index (Phi) is 15.3. The molecule has 0 saturated heterocycles. The molecule has 0 heterocycles. The fraction of sp³-hybridized carbons (Fsp3) is 0.593. The number of hydrogen-bond donors (Lipinski definition) is 9. The zero-order valence-electron chi connectivity index (χ0n) is 23.8. The summed E-state index contributed by atoms with van der Waals surface area (Å²) in [6, 6.07) is -0.0802. The van der Waals surface area contributed by atoms with Gasteiger partial charge in [0.15, 0.2) is 0 Å². The SMILES string of the molecule is CC(C)C[C@H](NC(=O)[C@H](C)N)C(=O)N[C@@H](CO)C(=O)N[C@@H](Cc1ccc(O)cc1)C(=O)N[C@@H](CCCCN)C(=O)O. The number of carboxylic acid groups (broad SMARTS) is 1. The second kappa shape index (κ2) is 17.8. The number of aliphatic carboxylic acids is 1. The molecule has 0 aliphatic rings. The van der Waals surface area contributed by atoms with Crippen LogP contribution in [0.1, 0.15) is 52.0 Å². The lowest BCUT2D eigenvalue weighted by Crippen LogP contribution is -2.59. The molecule has 230 valence electrons. The van der Waals surface area contributed by atoms with Crippen molar-refractivity contribution in [1.29, 1.82) is 0 Å². The average Bonchev–Trinajstić information content (AvgIpc) is 2.90. The van der Waals surface area contributed by atoms with E-state index in [1.807, 2.05) is 13.8 Å². The first kappa shape index (κ1) is 35.3. The van der Waals surface area contributed by atoms with Gasteiger partial charge in [0.2, 0.25) is 23.6 Å². The van der Waals surface area contributed by atoms with Crippen LogP contribution in [-0.2, 0) is 30.4 Å². The van der Waals surface area contributed by atoms with Crippen molar-refractivity contribution in [3.63, 3.8) is 0 Å². The van der Waals surface area contributed by atoms with Gasteiger partial charge in [0.25, 0.3) is 0 Å². The van der Waals surface area contributed by atoms with E-state index in [1.165, 1.54) is 31.2 Å². The molecule has 0 spiro atoms. The Morgan fingerprint density at radius 1 is 0.780 bits per heavy atom. The fourth-order valence-electron chi connectivity index (χ4n) is 3.84. The first-order valence-electron chi connectivity index (χ1n) is 13.6. The number of aliphatic hydroxyl groups is 1. The van der Waals surface area contributed by atoms with E-state index in [0.717, 1.165) is 0 Å². The Morgan fingerprint density at radius 3 is 1.80 bits per heavy atom. The summed E-state index contributed by atoms with van der Waals surface area (Å²) in [5, 5.41) is 38.9. The molecule has 11 N–H and O–H groups in total. The van der Waals surface area contributed by atoms with Crippen LogP contribution in [0.2, 0.25) is 0 Å². The van der Waals surface area contributed by atoms with Gasteiger partial charge in [-0.2, -0.15) is 0 Å². The van der Waals surface area contributed by atoms with E-state index < -0.39 is 66.4 Å². The third kappa shape index (κ3) is 13.0. The van der Waals surface area contributed by atoms with Crippen LogP contribution in [0.15, 0.2) is 24.3 Å². The van der Waals surface area contributed by atoms with Gasteiger partial charge in [0.05, 0.1) is 12.6 Å². The van der Waals surface area contributed by atoms with E-state index >= 15 is 0 Å². The van der Waals surface area contributed by atoms with Gasteiger partial charge in [0, 0.05) is 6.42 Å². The maximum absolute atomic E-state index is 13.2. The zero-order valence-corrected chi connectivity index (χ0v) is 23.8. The number of nitrogens with one attached hydrogen (secondary N) is 4. The molecule has 1 rings (SSSR count). The molecule has 0 radical (unpaired) electrons. The Bertz CT molecular complexity index is 1020. The summed E-state index contributed by atoms with van der Waals surface area (Å²) in [7, 11) is 0. The van der Waals surface area contributed by atoms with Gasteiger partial charge < -0.3 is 48.1 Å². The van der Waals surface area contributed by atoms with Crippen LogP contribution in [0.4, 0.5) is 0 Å². The third-order valence-electron chi connectivity index (χ3n) is 6.14. The molecule has 0 unspecified atom stereocenters. The van der Waals surface area contributed by atoms with E-state index in [1.54, 1.807) is 0 Å². The van der Waals surface area contributed by atoms with Crippen molar-refractivity contribution in [2.75, 3.05) is 13.2 Å². The molecule has 14 nitrogen and oxygen atoms in total. The predicted octanol–water partition coefficient (Wildman–Crippen LogP) is -1.53. The van der Waals surface area contributed by atoms with Crippen LogP contribution in [0, 0.1) is 5.92 Å². The maximum Gasteiger partial charge on any atom is 0.326 e. The monoisotopic (exact) mass is 580 g/mol. The van der Waals surface area contributed by atoms with Crippen LogP contribution in [0.25, 0.3) is 0 Å². The molecule has 0 bridgehead atoms. The van der Waals surface area contributed by atoms with Crippen LogP contribution in [-0.4, -0.2) is 88.3 Å². The Morgan fingerprint density at radius 2 is 1.29 bits per heavy atom. The third-order valence-corrected chi connectivity index (χ3v) is 6.14. The molecule has 4 amide bonds. The van der Waals surface area contributed by atoms with Gasteiger partial charge >= 0.3 is 5.97 Å². The fourth-order valence-corrected chi connectivity index (χ4v) is 3.84. The number of phenols is 1. The summed E-state index contributed by atoms with van der Waals surface area (Å²) in [6.45, 7) is 4.66. The number of carbonyl (C=O) groups excluding carboxylic acids is 4. The minimum atomic E-state index is -1.49. The first-order valence-corrected chi connectivity index (χ1v) is 13.6. The highest BCUT2D eigenvalue weighted by Gasteiger charge is 2.31. The van der Waals surface area contributed by atoms with Crippen LogP contribution < -0.4 is 32.7 Å². The summed E-state index contributed by atoms with van der Waals surface area (Å²) in [5.41, 5.74) is 11.6. The molecule has 0 aliphatic carbocycles. The molecule has 14 heteroatoms. The summed E-state index contributed by atoms with van der Waals surface area (Å²) >= 11 is 0. The highest BCUT2D eigenvalue weighted by Crippen LogP contribution is 2.12. The van der Waals surface area contributed by atoms with Crippen molar-refractivity contribution in [2.24, 2.45) is 17.4 Å². The number of unbranched alkanes of at least 4 members (excludes halogenated alkanes) is 1. The normalized spacial score (nSPS) is 14.7. The lowest BCUT2D eigenvalue weighted by Gasteiger charge is -2.26. The van der Waals surface area contributed by atoms with Crippen LogP contribution in [0.5, 0.6) is 5.75 Å². The number of nitrogens with two attached hydrogens (primary N) is 2. The highest BCUT2D eigenvalue weighted by atomic mass is 16.4. The number of aromatic hydroxyl groups is 1. The predicted molar refractivity (Wildman–Crippen MR) is 150 cm³/mol. The summed E-state index contributed by atoms with van der Waals surface area (Å²) in [6.07, 6.45) is 1.29. The summed E-state index contributed by atoms with van der Waals surface area (Å²) < 4.78 is 0. The number of amides is 4. The van der Waals surface area contributed by atoms with E-state index in [9.17, 15) is 39.3 Å². The van der Waals surface area contributed by atoms with Gasteiger partial charge in [-0.25, -0.2) is 4.79 Å². The molecule has 0 fully saturated rings. The van der Waals surface area contributed by atoms with Gasteiger partial charge in [-0.15, -0.1) is 0 Å². The second-order valence-corrected chi connectivity index (χ2v) is 10.3. The van der Waals surface area contributed by atoms with Crippen LogP contribution in [0.3, 0.4) is 0 Å². The maximum atomic E-state index is 13.2. The number of hydrogen-bond acceptors (Lipinski definition) is 9. The molecule has 41 heavy (non-hydrogen) atoms. The van der Waals surface area contributed by atoms with E-state index in [-0.39, 0.29) is 30.9 Å². The molecule has 1 aromatic rings. The van der Waals surface area contributed by atoms with Crippen molar-refractivity contribution in [3.8, 4) is 5.75 Å². The van der Waals surface area contributed by atoms with E-state index in [4.69, 9.17) is 11.5 Å². The number of carbonyl (C=O) groups is 5. The minimum absolute atomic E-state index is 0.00838. The summed E-state index contributed by atoms with van der Waals surface area (Å²) in [5.74, 6) is -4.28. The number of benzene rings is 1. The van der Waals surface area contributed by atoms with Gasteiger partial charge in [-0.05, 0) is 62.8 Å². The standard InChI is InChI=1S/C27H44N6O8/c1-15(2)12-20(31-23(36)16(3)29)24(37)33-22(14-34)26(39)32-21(13-17-7-9-18(35)10-8-17)25(38)30-19(27(40)41)6-4-5-11-28/h7-10,15-16,19-22,34-35H,4-6,11-14,28-29H2,1-3H3,(H,30,38)(H,31,36)(H,32,39)(H,33,37)(H,40,41)/t16-,19-,20-,21-,22-/m0/s1. The Hall–Kier alpha value is -3.75. The lowest BCUT2D eigenvalue weighted by atomic mass is 10.0. The van der Waals surface area contributed by atoms with Gasteiger partial charge in [0.1, 0.15) is 29.9 Å². The lowest BCUT2D eigenvalue weighted by molar-refractivity contribution is -0.142. The quantitative estimate of drug-likeness (QED) is 0.0907. The molecule has 0 aliphatic heterocycles. The smallest absolute Gasteiger partial charge is 0.326 e. The number of aliphatic hydroxyl groups excluding tert-OH is 1. The first-order chi connectivity index (χ1) is 19.3. The van der Waals surface area contributed by atoms with E-state index in [2.05, 4.69) is 21.3 Å². The Labute approximate surface area is 239 Å². The average molecular weight is 581 g/mol. The molecular formula is C27H44N6O8. The van der Waals surface area contributed by atoms with Gasteiger partial charge in [-0.3, -0.25) is 19.2 Å². The highest BCUT2D eigenvalue weighted by molar-refractivity contribution is 5.95. The second-order valence-electron chi connectivity index (χ2n) is 10.3. The largest absolute Gasteiger partial charge is 0.508 e. The zero-order chi connectivity index (χ0) is 31.1. The molecule has 0 saturated carbocycles. The molecule has 1 aromatic carbocycles. The summed E-state index contributed by atoms with van der Waals surface area (Å²) in [4.78, 5) is 63.1. The van der Waals surface area contributed by atoms with Crippen molar-refractivity contribution in [1.82, 2.24) is 21.3 Å². The van der Waals surface area contributed by atoms with Crippen molar-refractivity contribution >= 4 is 29.6 Å². The minimum Gasteiger partial charge on any atom is -0.508 e. The van der Waals surface area contributed by atoms with Crippen molar-refractivity contribution < 1.29 is 39.3 Å². The molecule has 0 aromatic heterocycles.